The van der Waals surface area contributed by atoms with E-state index >= 15 is 0 Å². The SMILES string of the molecule is O=C(Nc1ccc(CC(=O)N2C[C@@H](N3CCN(CC(F)(F)F)CC3)C[C@H]2CO[C@H]2CC[C@H](C(=O)O)CC2)cc1Cl)c1nccc2ccccc12. The first-order chi connectivity index (χ1) is 23.9. The largest absolute Gasteiger partial charge is 0.481 e. The summed E-state index contributed by atoms with van der Waals surface area (Å²) in [6.45, 7) is 1.36. The lowest BCUT2D eigenvalue weighted by atomic mass is 9.87. The van der Waals surface area contributed by atoms with Gasteiger partial charge in [-0.3, -0.25) is 29.2 Å². The van der Waals surface area contributed by atoms with Crippen LogP contribution in [0.2, 0.25) is 5.02 Å². The van der Waals surface area contributed by atoms with Gasteiger partial charge in [0.15, 0.2) is 0 Å². The summed E-state index contributed by atoms with van der Waals surface area (Å²) < 4.78 is 45.1. The van der Waals surface area contributed by atoms with Crippen LogP contribution < -0.4 is 5.32 Å². The van der Waals surface area contributed by atoms with Gasteiger partial charge in [0, 0.05) is 50.3 Å². The van der Waals surface area contributed by atoms with Gasteiger partial charge in [0.2, 0.25) is 5.91 Å². The Balaban J connectivity index is 1.10. The van der Waals surface area contributed by atoms with Gasteiger partial charge in [0.1, 0.15) is 5.69 Å². The molecule has 2 aromatic carbocycles. The third kappa shape index (κ3) is 8.92. The lowest BCUT2D eigenvalue weighted by molar-refractivity contribution is -0.150. The number of halogens is 4. The van der Waals surface area contributed by atoms with Gasteiger partial charge in [-0.2, -0.15) is 13.2 Å². The van der Waals surface area contributed by atoms with Crippen molar-refractivity contribution in [1.82, 2.24) is 19.7 Å². The average Bonchev–Trinajstić information content (AvgIpc) is 3.52. The highest BCUT2D eigenvalue weighted by Crippen LogP contribution is 2.31. The van der Waals surface area contributed by atoms with Gasteiger partial charge < -0.3 is 20.1 Å². The summed E-state index contributed by atoms with van der Waals surface area (Å²) in [5.41, 5.74) is 1.32. The first-order valence-electron chi connectivity index (χ1n) is 17.0. The smallest absolute Gasteiger partial charge is 0.401 e. The van der Waals surface area contributed by atoms with Crippen LogP contribution in [0.15, 0.2) is 54.7 Å². The number of nitrogens with one attached hydrogen (secondary N) is 1. The van der Waals surface area contributed by atoms with Crippen molar-refractivity contribution in [3.8, 4) is 0 Å². The normalized spacial score (nSPS) is 23.6. The number of likely N-dealkylation sites (tertiary alicyclic amines) is 1. The van der Waals surface area contributed by atoms with Crippen LogP contribution in [-0.4, -0.2) is 113 Å². The molecular formula is C36H41ClF3N5O5. The molecule has 1 aliphatic carbocycles. The maximum atomic E-state index is 13.8. The average molecular weight is 716 g/mol. The third-order valence-electron chi connectivity index (χ3n) is 10.1. The molecular weight excluding hydrogens is 675 g/mol. The molecule has 1 aromatic heterocycles. The number of hydrogen-bond donors (Lipinski definition) is 2. The molecule has 0 spiro atoms. The van der Waals surface area contributed by atoms with Crippen LogP contribution >= 0.6 is 11.6 Å². The molecule has 268 valence electrons. The summed E-state index contributed by atoms with van der Waals surface area (Å²) in [6, 6.07) is 14.1. The summed E-state index contributed by atoms with van der Waals surface area (Å²) >= 11 is 6.60. The molecule has 3 heterocycles. The van der Waals surface area contributed by atoms with Crippen LogP contribution in [0.5, 0.6) is 0 Å². The molecule has 2 aliphatic heterocycles. The summed E-state index contributed by atoms with van der Waals surface area (Å²) in [6.07, 6.45) is 0.312. The number of hydrogen-bond acceptors (Lipinski definition) is 7. The summed E-state index contributed by atoms with van der Waals surface area (Å²) in [4.78, 5) is 48.0. The minimum Gasteiger partial charge on any atom is -0.481 e. The Hall–Kier alpha value is -3.78. The van der Waals surface area contributed by atoms with Gasteiger partial charge in [-0.15, -0.1) is 0 Å². The zero-order chi connectivity index (χ0) is 35.4. The van der Waals surface area contributed by atoms with Crippen molar-refractivity contribution in [1.29, 1.82) is 0 Å². The van der Waals surface area contributed by atoms with Gasteiger partial charge in [0.05, 0.1) is 48.3 Å². The second-order valence-corrected chi connectivity index (χ2v) is 13.9. The van der Waals surface area contributed by atoms with Gasteiger partial charge in [-0.05, 0) is 61.3 Å². The molecule has 2 saturated heterocycles. The van der Waals surface area contributed by atoms with E-state index in [0.717, 1.165) is 5.39 Å². The first kappa shape index (κ1) is 36.0. The fraction of sp³-hybridized carbons (Fsp3) is 0.500. The van der Waals surface area contributed by atoms with E-state index in [4.69, 9.17) is 16.3 Å². The summed E-state index contributed by atoms with van der Waals surface area (Å²) in [7, 11) is 0. The zero-order valence-corrected chi connectivity index (χ0v) is 28.3. The number of fused-ring (bicyclic) bond motifs is 1. The van der Waals surface area contributed by atoms with E-state index in [1.54, 1.807) is 24.4 Å². The summed E-state index contributed by atoms with van der Waals surface area (Å²) in [5.74, 6) is -1.68. The van der Waals surface area contributed by atoms with E-state index in [1.165, 1.54) is 4.90 Å². The molecule has 50 heavy (non-hydrogen) atoms. The number of anilines is 1. The van der Waals surface area contributed by atoms with Crippen molar-refractivity contribution in [2.75, 3.05) is 51.2 Å². The molecule has 6 rings (SSSR count). The molecule has 0 bridgehead atoms. The van der Waals surface area contributed by atoms with E-state index in [0.29, 0.717) is 88.1 Å². The van der Waals surface area contributed by atoms with Crippen LogP contribution in [0.3, 0.4) is 0 Å². The number of pyridine rings is 1. The number of aliphatic carboxylic acids is 1. The lowest BCUT2D eigenvalue weighted by Gasteiger charge is -2.38. The lowest BCUT2D eigenvalue weighted by Crippen LogP contribution is -2.52. The number of ether oxygens (including phenoxy) is 1. The molecule has 1 saturated carbocycles. The number of nitrogens with zero attached hydrogens (tertiary/aromatic N) is 4. The van der Waals surface area contributed by atoms with Gasteiger partial charge in [-0.25, -0.2) is 0 Å². The number of benzene rings is 2. The number of carbonyl (C=O) groups excluding carboxylic acids is 2. The van der Waals surface area contributed by atoms with Crippen LogP contribution in [0, 0.1) is 5.92 Å². The number of carbonyl (C=O) groups is 3. The molecule has 0 unspecified atom stereocenters. The van der Waals surface area contributed by atoms with Gasteiger partial charge in [0.25, 0.3) is 5.91 Å². The highest BCUT2D eigenvalue weighted by atomic mass is 35.5. The minimum atomic E-state index is -4.24. The van der Waals surface area contributed by atoms with Crippen molar-refractivity contribution in [3.05, 3.63) is 71.0 Å². The summed E-state index contributed by atoms with van der Waals surface area (Å²) in [5, 5.41) is 14.0. The van der Waals surface area contributed by atoms with Crippen molar-refractivity contribution in [3.63, 3.8) is 0 Å². The molecule has 14 heteroatoms. The Morgan fingerprint density at radius 3 is 2.44 bits per heavy atom. The van der Waals surface area contributed by atoms with Crippen molar-refractivity contribution < 1.29 is 37.4 Å². The second kappa shape index (κ2) is 15.6. The van der Waals surface area contributed by atoms with E-state index in [9.17, 15) is 32.7 Å². The molecule has 3 aromatic rings. The number of carboxylic acid groups (broad SMARTS) is 1. The monoisotopic (exact) mass is 715 g/mol. The maximum absolute atomic E-state index is 13.8. The van der Waals surface area contributed by atoms with Crippen LogP contribution in [0.1, 0.15) is 48.2 Å². The first-order valence-corrected chi connectivity index (χ1v) is 17.4. The topological polar surface area (TPSA) is 115 Å². The minimum absolute atomic E-state index is 0.0211. The Morgan fingerprint density at radius 1 is 1.00 bits per heavy atom. The molecule has 0 radical (unpaired) electrons. The number of piperazine rings is 1. The van der Waals surface area contributed by atoms with Crippen molar-refractivity contribution in [2.45, 2.75) is 62.9 Å². The number of alkyl halides is 3. The van der Waals surface area contributed by atoms with Crippen molar-refractivity contribution in [2.24, 2.45) is 5.92 Å². The van der Waals surface area contributed by atoms with Gasteiger partial charge in [-0.1, -0.05) is 41.9 Å². The number of rotatable bonds is 10. The molecule has 2 atom stereocenters. The number of carboxylic acids is 1. The fourth-order valence-electron chi connectivity index (χ4n) is 7.41. The fourth-order valence-corrected chi connectivity index (χ4v) is 7.66. The van der Waals surface area contributed by atoms with Crippen LogP contribution in [-0.2, 0) is 20.7 Å². The third-order valence-corrected chi connectivity index (χ3v) is 10.4. The highest BCUT2D eigenvalue weighted by molar-refractivity contribution is 6.34. The molecule has 10 nitrogen and oxygen atoms in total. The Morgan fingerprint density at radius 2 is 1.74 bits per heavy atom. The van der Waals surface area contributed by atoms with E-state index < -0.39 is 24.6 Å². The Labute approximate surface area is 293 Å². The quantitative estimate of drug-likeness (QED) is 0.283. The maximum Gasteiger partial charge on any atom is 0.401 e. The molecule has 2 amide bonds. The standard InChI is InChI=1S/C36H41ClF3N5O5/c37-30-17-23(5-10-31(30)42-34(47)33-29-4-2-1-3-24(29)11-12-41-33)18-32(46)45-20-26(44-15-13-43(14-16-44)22-36(38,39)40)19-27(45)21-50-28-8-6-25(7-9-28)35(48)49/h1-5,10-12,17,25-28H,6-9,13-16,18-22H2,(H,42,47)(H,48,49)/t25-,26-,27-,28-/m0/s1. The van der Waals surface area contributed by atoms with Crippen LogP contribution in [0.4, 0.5) is 18.9 Å². The van der Waals surface area contributed by atoms with E-state index in [-0.39, 0.29) is 47.2 Å². The molecule has 3 aliphatic rings. The van der Waals surface area contributed by atoms with E-state index in [1.807, 2.05) is 35.2 Å². The highest BCUT2D eigenvalue weighted by Gasteiger charge is 2.40. The zero-order valence-electron chi connectivity index (χ0n) is 27.6. The molecule has 2 N–H and O–H groups in total. The van der Waals surface area contributed by atoms with Crippen LogP contribution in [0.25, 0.3) is 10.8 Å². The Bertz CT molecular complexity index is 1690. The number of aromatic nitrogens is 1. The Kier molecular flexibility index (Phi) is 11.3. The van der Waals surface area contributed by atoms with Crippen molar-refractivity contribution >= 4 is 45.8 Å². The van der Waals surface area contributed by atoms with E-state index in [2.05, 4.69) is 15.2 Å². The second-order valence-electron chi connectivity index (χ2n) is 13.5. The predicted molar refractivity (Wildman–Crippen MR) is 182 cm³/mol. The van der Waals surface area contributed by atoms with Gasteiger partial charge >= 0.3 is 12.1 Å². The predicted octanol–water partition coefficient (Wildman–Crippen LogP) is 5.49. The molecule has 3 fully saturated rings. The number of amides is 2.